The molecule has 3 amide bonds. The first kappa shape index (κ1) is 14.5. The first-order valence-electron chi connectivity index (χ1n) is 6.25. The van der Waals surface area contributed by atoms with Gasteiger partial charge in [-0.2, -0.15) is 0 Å². The fourth-order valence-corrected chi connectivity index (χ4v) is 2.17. The maximum Gasteiger partial charge on any atom is 0.321 e. The van der Waals surface area contributed by atoms with Gasteiger partial charge in [-0.25, -0.2) is 4.79 Å². The van der Waals surface area contributed by atoms with Gasteiger partial charge in [-0.05, 0) is 26.2 Å². The molecule has 0 spiro atoms. The van der Waals surface area contributed by atoms with Crippen molar-refractivity contribution < 1.29 is 19.5 Å². The van der Waals surface area contributed by atoms with Crippen molar-refractivity contribution in [3.63, 3.8) is 0 Å². The Bertz CT molecular complexity index is 335. The lowest BCUT2D eigenvalue weighted by Gasteiger charge is -2.25. The van der Waals surface area contributed by atoms with Gasteiger partial charge in [0.25, 0.3) is 0 Å². The van der Waals surface area contributed by atoms with E-state index in [1.54, 1.807) is 0 Å². The van der Waals surface area contributed by atoms with Crippen molar-refractivity contribution in [1.82, 2.24) is 10.6 Å². The predicted molar refractivity (Wildman–Crippen MR) is 65.0 cm³/mol. The van der Waals surface area contributed by atoms with E-state index in [1.807, 2.05) is 6.92 Å². The molecule has 0 aromatic carbocycles. The second kappa shape index (κ2) is 6.37. The van der Waals surface area contributed by atoms with E-state index in [-0.39, 0.29) is 24.8 Å². The van der Waals surface area contributed by atoms with Crippen LogP contribution in [-0.4, -0.2) is 28.6 Å². The molecule has 0 heterocycles. The molecule has 0 aromatic rings. The van der Waals surface area contributed by atoms with E-state index >= 15 is 0 Å². The van der Waals surface area contributed by atoms with E-state index in [0.29, 0.717) is 0 Å². The molecule has 0 aliphatic heterocycles. The topological polar surface area (TPSA) is 95.5 Å². The summed E-state index contributed by atoms with van der Waals surface area (Å²) in [6.07, 6.45) is 4.25. The summed E-state index contributed by atoms with van der Waals surface area (Å²) < 4.78 is 0. The second-order valence-electron chi connectivity index (χ2n) is 5.02. The second-order valence-corrected chi connectivity index (χ2v) is 5.02. The van der Waals surface area contributed by atoms with Gasteiger partial charge in [-0.15, -0.1) is 0 Å². The van der Waals surface area contributed by atoms with Crippen LogP contribution in [0, 0.1) is 0 Å². The lowest BCUT2D eigenvalue weighted by Crippen LogP contribution is -2.50. The van der Waals surface area contributed by atoms with Crippen LogP contribution in [0.2, 0.25) is 0 Å². The molecule has 102 valence electrons. The third-order valence-electron chi connectivity index (χ3n) is 3.17. The average molecular weight is 256 g/mol. The van der Waals surface area contributed by atoms with Gasteiger partial charge in [-0.1, -0.05) is 12.8 Å². The first-order valence-corrected chi connectivity index (χ1v) is 6.25. The molecular weight excluding hydrogens is 236 g/mol. The molecule has 0 radical (unpaired) electrons. The summed E-state index contributed by atoms with van der Waals surface area (Å²) >= 11 is 0. The van der Waals surface area contributed by atoms with Crippen LogP contribution >= 0.6 is 0 Å². The molecule has 3 N–H and O–H groups in total. The highest BCUT2D eigenvalue weighted by atomic mass is 16.4. The van der Waals surface area contributed by atoms with E-state index in [2.05, 4.69) is 10.6 Å². The molecule has 6 nitrogen and oxygen atoms in total. The van der Waals surface area contributed by atoms with Crippen molar-refractivity contribution >= 4 is 17.9 Å². The van der Waals surface area contributed by atoms with Gasteiger partial charge >= 0.3 is 12.0 Å². The van der Waals surface area contributed by atoms with Gasteiger partial charge in [0.1, 0.15) is 0 Å². The Hall–Kier alpha value is -1.59. The number of carbonyl (C=O) groups excluding carboxylic acids is 2. The molecule has 1 aliphatic carbocycles. The van der Waals surface area contributed by atoms with Gasteiger partial charge in [0.2, 0.25) is 5.91 Å². The molecular formula is C12H20N2O4. The number of hydrogen-bond acceptors (Lipinski definition) is 3. The van der Waals surface area contributed by atoms with E-state index in [9.17, 15) is 14.4 Å². The number of carboxylic acids is 1. The van der Waals surface area contributed by atoms with Crippen LogP contribution < -0.4 is 10.6 Å². The summed E-state index contributed by atoms with van der Waals surface area (Å²) in [7, 11) is 0. The van der Waals surface area contributed by atoms with Crippen LogP contribution in [0.1, 0.15) is 51.9 Å². The highest BCUT2D eigenvalue weighted by molar-refractivity contribution is 5.94. The van der Waals surface area contributed by atoms with Gasteiger partial charge in [0.05, 0.1) is 0 Å². The number of amides is 3. The summed E-state index contributed by atoms with van der Waals surface area (Å²) in [5.74, 6) is -1.37. The Balaban J connectivity index is 2.23. The fourth-order valence-electron chi connectivity index (χ4n) is 2.17. The zero-order valence-corrected chi connectivity index (χ0v) is 10.6. The zero-order valence-electron chi connectivity index (χ0n) is 10.6. The standard InChI is InChI=1S/C12H20N2O4/c1-12(7-2-3-8-12)14-11(18)13-9(15)5-4-6-10(16)17/h2-8H2,1H3,(H,16,17)(H2,13,14,15,18). The molecule has 0 aromatic heterocycles. The van der Waals surface area contributed by atoms with Crippen LogP contribution in [-0.2, 0) is 9.59 Å². The van der Waals surface area contributed by atoms with E-state index in [1.165, 1.54) is 0 Å². The minimum atomic E-state index is -0.939. The number of urea groups is 1. The number of rotatable bonds is 5. The molecule has 1 rings (SSSR count). The molecule has 1 saturated carbocycles. The highest BCUT2D eigenvalue weighted by Crippen LogP contribution is 2.28. The molecule has 18 heavy (non-hydrogen) atoms. The van der Waals surface area contributed by atoms with Crippen molar-refractivity contribution in [3.8, 4) is 0 Å². The largest absolute Gasteiger partial charge is 0.481 e. The molecule has 0 saturated heterocycles. The van der Waals surface area contributed by atoms with Crippen molar-refractivity contribution in [3.05, 3.63) is 0 Å². The SMILES string of the molecule is CC1(NC(=O)NC(=O)CCCC(=O)O)CCCC1. The third kappa shape index (κ3) is 5.16. The Morgan fingerprint density at radius 3 is 2.33 bits per heavy atom. The third-order valence-corrected chi connectivity index (χ3v) is 3.17. The minimum absolute atomic E-state index is 0.0520. The Labute approximate surface area is 106 Å². The van der Waals surface area contributed by atoms with Crippen LogP contribution in [0.15, 0.2) is 0 Å². The van der Waals surface area contributed by atoms with Crippen LogP contribution in [0.5, 0.6) is 0 Å². The Kier molecular flexibility index (Phi) is 5.12. The zero-order chi connectivity index (χ0) is 13.6. The van der Waals surface area contributed by atoms with Crippen LogP contribution in [0.25, 0.3) is 0 Å². The smallest absolute Gasteiger partial charge is 0.321 e. The van der Waals surface area contributed by atoms with Crippen molar-refractivity contribution in [2.24, 2.45) is 0 Å². The van der Waals surface area contributed by atoms with Gasteiger partial charge < -0.3 is 10.4 Å². The summed E-state index contributed by atoms with van der Waals surface area (Å²) in [5, 5.41) is 13.4. The average Bonchev–Trinajstić information content (AvgIpc) is 2.63. The summed E-state index contributed by atoms with van der Waals surface area (Å²) in [6, 6.07) is -0.486. The van der Waals surface area contributed by atoms with Gasteiger partial charge in [-0.3, -0.25) is 14.9 Å². The monoisotopic (exact) mass is 256 g/mol. The Morgan fingerprint density at radius 2 is 1.78 bits per heavy atom. The number of hydrogen-bond donors (Lipinski definition) is 3. The number of carboxylic acid groups (broad SMARTS) is 1. The number of nitrogens with one attached hydrogen (secondary N) is 2. The fraction of sp³-hybridized carbons (Fsp3) is 0.750. The first-order chi connectivity index (χ1) is 8.41. The lowest BCUT2D eigenvalue weighted by atomic mass is 10.0. The van der Waals surface area contributed by atoms with Crippen LogP contribution in [0.4, 0.5) is 4.79 Å². The van der Waals surface area contributed by atoms with E-state index in [0.717, 1.165) is 25.7 Å². The summed E-state index contributed by atoms with van der Waals surface area (Å²) in [4.78, 5) is 33.2. The quantitative estimate of drug-likeness (QED) is 0.692. The lowest BCUT2D eigenvalue weighted by molar-refractivity contribution is -0.137. The summed E-state index contributed by atoms with van der Waals surface area (Å²) in [5.41, 5.74) is -0.217. The maximum atomic E-state index is 11.6. The highest BCUT2D eigenvalue weighted by Gasteiger charge is 2.30. The van der Waals surface area contributed by atoms with Crippen LogP contribution in [0.3, 0.4) is 0 Å². The Morgan fingerprint density at radius 1 is 1.17 bits per heavy atom. The summed E-state index contributed by atoms with van der Waals surface area (Å²) in [6.45, 7) is 1.97. The minimum Gasteiger partial charge on any atom is -0.481 e. The van der Waals surface area contributed by atoms with Gasteiger partial charge in [0.15, 0.2) is 0 Å². The van der Waals surface area contributed by atoms with Crippen molar-refractivity contribution in [1.29, 1.82) is 0 Å². The van der Waals surface area contributed by atoms with Crippen molar-refractivity contribution in [2.45, 2.75) is 57.4 Å². The maximum absolute atomic E-state index is 11.6. The molecule has 0 unspecified atom stereocenters. The number of carbonyl (C=O) groups is 3. The number of aliphatic carboxylic acids is 1. The molecule has 6 heteroatoms. The van der Waals surface area contributed by atoms with Gasteiger partial charge in [0, 0.05) is 18.4 Å². The van der Waals surface area contributed by atoms with E-state index in [4.69, 9.17) is 5.11 Å². The number of imide groups is 1. The normalized spacial score (nSPS) is 17.2. The molecule has 0 atom stereocenters. The predicted octanol–water partition coefficient (Wildman–Crippen LogP) is 1.40. The van der Waals surface area contributed by atoms with Crippen molar-refractivity contribution in [2.75, 3.05) is 0 Å². The molecule has 1 aliphatic rings. The molecule has 0 bridgehead atoms. The molecule has 1 fully saturated rings. The van der Waals surface area contributed by atoms with E-state index < -0.39 is 17.9 Å².